The predicted molar refractivity (Wildman–Crippen MR) is 68.8 cm³/mol. The number of ether oxygens (including phenoxy) is 1. The van der Waals surface area contributed by atoms with Gasteiger partial charge in [-0.1, -0.05) is 0 Å². The van der Waals surface area contributed by atoms with Gasteiger partial charge >= 0.3 is 12.1 Å². The van der Waals surface area contributed by atoms with E-state index in [1.165, 1.54) is 7.11 Å². The van der Waals surface area contributed by atoms with E-state index >= 15 is 0 Å². The van der Waals surface area contributed by atoms with E-state index < -0.39 is 18.6 Å². The number of rotatable bonds is 4. The molecule has 0 unspecified atom stereocenters. The van der Waals surface area contributed by atoms with Gasteiger partial charge in [-0.05, 0) is 13.0 Å². The molecule has 0 spiro atoms. The summed E-state index contributed by atoms with van der Waals surface area (Å²) in [6, 6.07) is 0. The maximum Gasteiger partial charge on any atom is 0.389 e. The maximum absolute atomic E-state index is 12.1. The van der Waals surface area contributed by atoms with E-state index in [-0.39, 0.29) is 12.2 Å². The van der Waals surface area contributed by atoms with Crippen LogP contribution in [0.2, 0.25) is 0 Å². The van der Waals surface area contributed by atoms with Gasteiger partial charge in [-0.3, -0.25) is 4.90 Å². The Balaban J connectivity index is 1.99. The van der Waals surface area contributed by atoms with Gasteiger partial charge in [-0.15, -0.1) is 0 Å². The van der Waals surface area contributed by atoms with Crippen molar-refractivity contribution < 1.29 is 22.7 Å². The van der Waals surface area contributed by atoms with Crippen molar-refractivity contribution in [1.29, 1.82) is 0 Å². The first-order valence-electron chi connectivity index (χ1n) is 6.73. The highest BCUT2D eigenvalue weighted by Gasteiger charge is 2.28. The number of fused-ring (bicyclic) bond motifs is 1. The molecule has 8 heteroatoms. The molecular formula is C13H18F3N3O2. The minimum absolute atomic E-state index is 0.0789. The van der Waals surface area contributed by atoms with Crippen molar-refractivity contribution in [2.24, 2.45) is 7.05 Å². The number of alkyl halides is 3. The van der Waals surface area contributed by atoms with Crippen molar-refractivity contribution in [3.05, 3.63) is 17.2 Å². The first-order chi connectivity index (χ1) is 9.81. The van der Waals surface area contributed by atoms with Crippen LogP contribution in [0.4, 0.5) is 13.2 Å². The van der Waals surface area contributed by atoms with Crippen molar-refractivity contribution in [1.82, 2.24) is 14.5 Å². The molecule has 0 bridgehead atoms. The van der Waals surface area contributed by atoms with E-state index in [9.17, 15) is 18.0 Å². The fraction of sp³-hybridized carbons (Fsp3) is 0.692. The largest absolute Gasteiger partial charge is 0.463 e. The van der Waals surface area contributed by atoms with Gasteiger partial charge in [0.25, 0.3) is 0 Å². The van der Waals surface area contributed by atoms with E-state index in [4.69, 9.17) is 0 Å². The van der Waals surface area contributed by atoms with Crippen LogP contribution in [0.1, 0.15) is 34.8 Å². The smallest absolute Gasteiger partial charge is 0.389 e. The minimum atomic E-state index is -4.11. The van der Waals surface area contributed by atoms with Crippen LogP contribution in [-0.4, -0.2) is 46.8 Å². The van der Waals surface area contributed by atoms with Crippen molar-refractivity contribution >= 4 is 5.97 Å². The van der Waals surface area contributed by atoms with Crippen molar-refractivity contribution in [3.8, 4) is 0 Å². The molecule has 5 nitrogen and oxygen atoms in total. The number of hydrogen-bond acceptors (Lipinski definition) is 4. The van der Waals surface area contributed by atoms with E-state index in [2.05, 4.69) is 9.72 Å². The fourth-order valence-corrected chi connectivity index (χ4v) is 2.55. The molecule has 0 aliphatic carbocycles. The molecule has 1 aromatic rings. The highest BCUT2D eigenvalue weighted by atomic mass is 19.4. The zero-order valence-electron chi connectivity index (χ0n) is 12.0. The SMILES string of the molecule is COC(=O)c1nc2c(n1C)CCN(CCCC(F)(F)F)C2. The molecule has 2 rings (SSSR count). The standard InChI is InChI=1S/C13H18F3N3O2/c1-18-10-4-7-19(6-3-5-13(14,15)16)8-9(10)17-11(18)12(20)21-2/h3-8H2,1-2H3. The molecule has 0 saturated heterocycles. The molecule has 1 aromatic heterocycles. The number of carbonyl (C=O) groups is 1. The van der Waals surface area contributed by atoms with Crippen LogP contribution in [0.3, 0.4) is 0 Å². The Morgan fingerprint density at radius 2 is 2.14 bits per heavy atom. The Morgan fingerprint density at radius 1 is 1.43 bits per heavy atom. The van der Waals surface area contributed by atoms with E-state index in [0.717, 1.165) is 11.4 Å². The molecule has 0 atom stereocenters. The Labute approximate surface area is 120 Å². The summed E-state index contributed by atoms with van der Waals surface area (Å²) in [6.07, 6.45) is -4.13. The van der Waals surface area contributed by atoms with E-state index in [1.807, 2.05) is 4.90 Å². The van der Waals surface area contributed by atoms with Crippen LogP contribution >= 0.6 is 0 Å². The fourth-order valence-electron chi connectivity index (χ4n) is 2.55. The number of imidazole rings is 1. The topological polar surface area (TPSA) is 47.4 Å². The molecular weight excluding hydrogens is 287 g/mol. The summed E-state index contributed by atoms with van der Waals surface area (Å²) in [5, 5.41) is 0. The Hall–Kier alpha value is -1.57. The molecule has 0 amide bonds. The Bertz CT molecular complexity index is 525. The number of halogens is 3. The number of hydrogen-bond donors (Lipinski definition) is 0. The predicted octanol–water partition coefficient (Wildman–Crippen LogP) is 1.91. The zero-order chi connectivity index (χ0) is 15.6. The maximum atomic E-state index is 12.1. The van der Waals surface area contributed by atoms with Crippen LogP contribution in [0.25, 0.3) is 0 Å². The van der Waals surface area contributed by atoms with Gasteiger partial charge in [0.05, 0.1) is 12.8 Å². The summed E-state index contributed by atoms with van der Waals surface area (Å²) in [6.45, 7) is 1.52. The summed E-state index contributed by atoms with van der Waals surface area (Å²) in [7, 11) is 3.04. The lowest BCUT2D eigenvalue weighted by atomic mass is 10.1. The average Bonchev–Trinajstić information content (AvgIpc) is 2.73. The van der Waals surface area contributed by atoms with Crippen molar-refractivity contribution in [2.75, 3.05) is 20.2 Å². The highest BCUT2D eigenvalue weighted by molar-refractivity contribution is 5.85. The molecule has 1 aliphatic heterocycles. The second-order valence-electron chi connectivity index (χ2n) is 5.12. The first-order valence-corrected chi connectivity index (χ1v) is 6.73. The van der Waals surface area contributed by atoms with Crippen molar-refractivity contribution in [2.45, 2.75) is 32.0 Å². The molecule has 21 heavy (non-hydrogen) atoms. The first kappa shape index (κ1) is 15.8. The molecule has 2 heterocycles. The van der Waals surface area contributed by atoms with E-state index in [0.29, 0.717) is 26.1 Å². The number of carbonyl (C=O) groups excluding carboxylic acids is 1. The number of esters is 1. The molecule has 118 valence electrons. The van der Waals surface area contributed by atoms with Gasteiger partial charge in [0, 0.05) is 38.7 Å². The minimum Gasteiger partial charge on any atom is -0.463 e. The van der Waals surface area contributed by atoms with Crippen LogP contribution in [0.5, 0.6) is 0 Å². The van der Waals surface area contributed by atoms with Crippen LogP contribution in [0.15, 0.2) is 0 Å². The molecule has 0 N–H and O–H groups in total. The van der Waals surface area contributed by atoms with Crippen LogP contribution < -0.4 is 0 Å². The van der Waals surface area contributed by atoms with Crippen LogP contribution in [0, 0.1) is 0 Å². The van der Waals surface area contributed by atoms with E-state index in [1.54, 1.807) is 11.6 Å². The molecule has 0 aromatic carbocycles. The Morgan fingerprint density at radius 3 is 2.76 bits per heavy atom. The normalized spacial score (nSPS) is 15.9. The lowest BCUT2D eigenvalue weighted by Crippen LogP contribution is -2.32. The van der Waals surface area contributed by atoms with Gasteiger partial charge in [-0.2, -0.15) is 13.2 Å². The summed E-state index contributed by atoms with van der Waals surface area (Å²) >= 11 is 0. The second-order valence-corrected chi connectivity index (χ2v) is 5.12. The second kappa shape index (κ2) is 6.05. The number of methoxy groups -OCH3 is 1. The molecule has 0 fully saturated rings. The quantitative estimate of drug-likeness (QED) is 0.797. The third-order valence-corrected chi connectivity index (χ3v) is 3.64. The third kappa shape index (κ3) is 3.75. The summed E-state index contributed by atoms with van der Waals surface area (Å²) in [5.74, 6) is -0.268. The average molecular weight is 305 g/mol. The molecule has 0 saturated carbocycles. The zero-order valence-corrected chi connectivity index (χ0v) is 12.0. The van der Waals surface area contributed by atoms with Crippen LogP contribution in [-0.2, 0) is 24.8 Å². The van der Waals surface area contributed by atoms with Gasteiger partial charge in [0.2, 0.25) is 5.82 Å². The lowest BCUT2D eigenvalue weighted by molar-refractivity contribution is -0.136. The highest BCUT2D eigenvalue weighted by Crippen LogP contribution is 2.23. The van der Waals surface area contributed by atoms with Gasteiger partial charge in [-0.25, -0.2) is 9.78 Å². The summed E-state index contributed by atoms with van der Waals surface area (Å²) < 4.78 is 42.8. The van der Waals surface area contributed by atoms with Crippen molar-refractivity contribution in [3.63, 3.8) is 0 Å². The molecule has 0 radical (unpaired) electrons. The van der Waals surface area contributed by atoms with Gasteiger partial charge < -0.3 is 9.30 Å². The lowest BCUT2D eigenvalue weighted by Gasteiger charge is -2.26. The Kier molecular flexibility index (Phi) is 4.55. The number of nitrogens with zero attached hydrogens (tertiary/aromatic N) is 3. The van der Waals surface area contributed by atoms with Gasteiger partial charge in [0.1, 0.15) is 0 Å². The molecule has 1 aliphatic rings. The third-order valence-electron chi connectivity index (χ3n) is 3.64. The summed E-state index contributed by atoms with van der Waals surface area (Å²) in [4.78, 5) is 17.8. The summed E-state index contributed by atoms with van der Waals surface area (Å²) in [5.41, 5.74) is 1.69. The monoisotopic (exact) mass is 305 g/mol. The van der Waals surface area contributed by atoms with Gasteiger partial charge in [0.15, 0.2) is 0 Å². The number of aromatic nitrogens is 2.